The SMILES string of the molecule is CCOc1ccc(C(=O)N(Cc2ccccn2)c2nc3ccc(CC)cc3s2)cc1OCC. The van der Waals surface area contributed by atoms with Gasteiger partial charge in [-0.25, -0.2) is 4.98 Å². The summed E-state index contributed by atoms with van der Waals surface area (Å²) in [5, 5.41) is 0.640. The molecule has 6 nitrogen and oxygen atoms in total. The Bertz CT molecular complexity index is 1240. The smallest absolute Gasteiger partial charge is 0.260 e. The summed E-state index contributed by atoms with van der Waals surface area (Å²) in [6.45, 7) is 7.26. The minimum Gasteiger partial charge on any atom is -0.490 e. The maximum atomic E-state index is 13.7. The standard InChI is InChI=1S/C26H27N3O3S/c1-4-18-10-12-21-24(15-18)33-26(28-21)29(17-20-9-7-8-14-27-20)25(30)19-11-13-22(31-5-2)23(16-19)32-6-3/h7-16H,4-6,17H2,1-3H3. The number of carbonyl (C=O) groups is 1. The quantitative estimate of drug-likeness (QED) is 0.311. The van der Waals surface area contributed by atoms with E-state index in [9.17, 15) is 4.79 Å². The monoisotopic (exact) mass is 461 g/mol. The van der Waals surface area contributed by atoms with Crippen LogP contribution >= 0.6 is 11.3 Å². The second-order valence-corrected chi connectivity index (χ2v) is 8.40. The summed E-state index contributed by atoms with van der Waals surface area (Å²) in [5.41, 5.74) is 3.42. The van der Waals surface area contributed by atoms with E-state index >= 15 is 0 Å². The molecule has 0 spiro atoms. The number of aromatic nitrogens is 2. The molecule has 7 heteroatoms. The lowest BCUT2D eigenvalue weighted by Crippen LogP contribution is -2.30. The van der Waals surface area contributed by atoms with Crippen molar-refractivity contribution < 1.29 is 14.3 Å². The number of aryl methyl sites for hydroxylation is 1. The molecule has 0 radical (unpaired) electrons. The lowest BCUT2D eigenvalue weighted by molar-refractivity contribution is 0.0984. The Morgan fingerprint density at radius 3 is 2.52 bits per heavy atom. The number of rotatable bonds is 9. The molecular formula is C26H27N3O3S. The highest BCUT2D eigenvalue weighted by molar-refractivity contribution is 7.22. The summed E-state index contributed by atoms with van der Waals surface area (Å²) in [7, 11) is 0. The molecule has 0 fully saturated rings. The van der Waals surface area contributed by atoms with Crippen molar-refractivity contribution in [3.8, 4) is 11.5 Å². The number of anilines is 1. The molecule has 4 rings (SSSR count). The number of nitrogens with zero attached hydrogens (tertiary/aromatic N) is 3. The highest BCUT2D eigenvalue weighted by Crippen LogP contribution is 2.33. The summed E-state index contributed by atoms with van der Waals surface area (Å²) >= 11 is 1.51. The molecular weight excluding hydrogens is 434 g/mol. The Balaban J connectivity index is 1.75. The third-order valence-electron chi connectivity index (χ3n) is 5.16. The average molecular weight is 462 g/mol. The number of benzene rings is 2. The lowest BCUT2D eigenvalue weighted by atomic mass is 10.1. The molecule has 0 saturated heterocycles. The van der Waals surface area contributed by atoms with Crippen LogP contribution in [-0.4, -0.2) is 29.1 Å². The maximum Gasteiger partial charge on any atom is 0.260 e. The number of amides is 1. The van der Waals surface area contributed by atoms with Crippen molar-refractivity contribution in [2.75, 3.05) is 18.1 Å². The maximum absolute atomic E-state index is 13.7. The number of fused-ring (bicyclic) bond motifs is 1. The summed E-state index contributed by atoms with van der Waals surface area (Å²) in [5.74, 6) is 1.01. The first-order valence-electron chi connectivity index (χ1n) is 11.1. The minimum atomic E-state index is -0.167. The van der Waals surface area contributed by atoms with E-state index in [1.807, 2.05) is 38.1 Å². The molecule has 2 aromatic carbocycles. The first-order valence-corrected chi connectivity index (χ1v) is 12.0. The molecule has 0 unspecified atom stereocenters. The number of ether oxygens (including phenoxy) is 2. The molecule has 0 atom stereocenters. The second-order valence-electron chi connectivity index (χ2n) is 7.39. The van der Waals surface area contributed by atoms with Gasteiger partial charge in [-0.2, -0.15) is 0 Å². The van der Waals surface area contributed by atoms with E-state index in [2.05, 4.69) is 24.0 Å². The van der Waals surface area contributed by atoms with E-state index in [1.54, 1.807) is 29.3 Å². The van der Waals surface area contributed by atoms with Crippen LogP contribution in [0.15, 0.2) is 60.8 Å². The van der Waals surface area contributed by atoms with E-state index in [0.717, 1.165) is 22.3 Å². The first kappa shape index (κ1) is 22.7. The molecule has 2 heterocycles. The Kier molecular flexibility index (Phi) is 7.19. The number of pyridine rings is 1. The third-order valence-corrected chi connectivity index (χ3v) is 6.20. The molecule has 1 amide bonds. The molecule has 2 aromatic heterocycles. The van der Waals surface area contributed by atoms with Crippen LogP contribution in [0.4, 0.5) is 5.13 Å². The summed E-state index contributed by atoms with van der Waals surface area (Å²) in [4.78, 5) is 24.6. The van der Waals surface area contributed by atoms with Gasteiger partial charge in [0.15, 0.2) is 16.6 Å². The van der Waals surface area contributed by atoms with Gasteiger partial charge in [-0.1, -0.05) is 30.4 Å². The highest BCUT2D eigenvalue weighted by Gasteiger charge is 2.23. The zero-order valence-electron chi connectivity index (χ0n) is 19.1. The van der Waals surface area contributed by atoms with Gasteiger partial charge in [0, 0.05) is 11.8 Å². The van der Waals surface area contributed by atoms with Crippen molar-refractivity contribution in [3.63, 3.8) is 0 Å². The van der Waals surface area contributed by atoms with Crippen LogP contribution in [0.5, 0.6) is 11.5 Å². The van der Waals surface area contributed by atoms with Gasteiger partial charge >= 0.3 is 0 Å². The third kappa shape index (κ3) is 5.14. The van der Waals surface area contributed by atoms with E-state index in [4.69, 9.17) is 14.5 Å². The van der Waals surface area contributed by atoms with E-state index in [1.165, 1.54) is 16.9 Å². The van der Waals surface area contributed by atoms with Crippen LogP contribution in [0.3, 0.4) is 0 Å². The predicted molar refractivity (Wildman–Crippen MR) is 133 cm³/mol. The Labute approximate surface area is 197 Å². The molecule has 0 aliphatic carbocycles. The summed E-state index contributed by atoms with van der Waals surface area (Å²) in [6.07, 6.45) is 2.68. The largest absolute Gasteiger partial charge is 0.490 e. The van der Waals surface area contributed by atoms with Gasteiger partial charge in [-0.3, -0.25) is 14.7 Å². The minimum absolute atomic E-state index is 0.167. The zero-order chi connectivity index (χ0) is 23.2. The fourth-order valence-corrected chi connectivity index (χ4v) is 4.54. The van der Waals surface area contributed by atoms with Gasteiger partial charge in [-0.05, 0) is 68.3 Å². The van der Waals surface area contributed by atoms with Crippen molar-refractivity contribution in [2.45, 2.75) is 33.7 Å². The topological polar surface area (TPSA) is 64.5 Å². The van der Waals surface area contributed by atoms with E-state index in [-0.39, 0.29) is 5.91 Å². The number of thiazole rings is 1. The van der Waals surface area contributed by atoms with E-state index < -0.39 is 0 Å². The summed E-state index contributed by atoms with van der Waals surface area (Å²) < 4.78 is 12.5. The molecule has 0 aliphatic rings. The Morgan fingerprint density at radius 1 is 0.970 bits per heavy atom. The molecule has 0 N–H and O–H groups in total. The van der Waals surface area contributed by atoms with Crippen LogP contribution in [-0.2, 0) is 13.0 Å². The van der Waals surface area contributed by atoms with Gasteiger partial charge in [0.25, 0.3) is 5.91 Å². The fraction of sp³-hybridized carbons (Fsp3) is 0.269. The first-order chi connectivity index (χ1) is 16.1. The van der Waals surface area contributed by atoms with E-state index in [0.29, 0.717) is 42.0 Å². The van der Waals surface area contributed by atoms with Gasteiger partial charge in [-0.15, -0.1) is 0 Å². The number of hydrogen-bond acceptors (Lipinski definition) is 6. The van der Waals surface area contributed by atoms with Crippen molar-refractivity contribution >= 4 is 32.6 Å². The second kappa shape index (κ2) is 10.4. The predicted octanol–water partition coefficient (Wildman–Crippen LogP) is 5.90. The highest BCUT2D eigenvalue weighted by atomic mass is 32.1. The van der Waals surface area contributed by atoms with Crippen LogP contribution < -0.4 is 14.4 Å². The van der Waals surface area contributed by atoms with Crippen LogP contribution in [0.1, 0.15) is 42.4 Å². The van der Waals surface area contributed by atoms with Crippen LogP contribution in [0, 0.1) is 0 Å². The molecule has 170 valence electrons. The van der Waals surface area contributed by atoms with Crippen molar-refractivity contribution in [2.24, 2.45) is 0 Å². The van der Waals surface area contributed by atoms with Gasteiger partial charge in [0.2, 0.25) is 0 Å². The van der Waals surface area contributed by atoms with Crippen molar-refractivity contribution in [1.82, 2.24) is 9.97 Å². The summed E-state index contributed by atoms with van der Waals surface area (Å²) in [6, 6.07) is 17.2. The van der Waals surface area contributed by atoms with Crippen LogP contribution in [0.25, 0.3) is 10.2 Å². The van der Waals surface area contributed by atoms with Gasteiger partial charge in [0.1, 0.15) is 0 Å². The Morgan fingerprint density at radius 2 is 1.79 bits per heavy atom. The fourth-order valence-electron chi connectivity index (χ4n) is 3.51. The van der Waals surface area contributed by atoms with Gasteiger partial charge in [0.05, 0.1) is 35.7 Å². The molecule has 0 saturated carbocycles. The van der Waals surface area contributed by atoms with Crippen molar-refractivity contribution in [3.05, 3.63) is 77.6 Å². The average Bonchev–Trinajstić information content (AvgIpc) is 3.27. The zero-order valence-corrected chi connectivity index (χ0v) is 19.9. The molecule has 0 aliphatic heterocycles. The Hall–Kier alpha value is -3.45. The number of carbonyl (C=O) groups excluding carboxylic acids is 1. The number of hydrogen-bond donors (Lipinski definition) is 0. The molecule has 4 aromatic rings. The van der Waals surface area contributed by atoms with Crippen LogP contribution in [0.2, 0.25) is 0 Å². The van der Waals surface area contributed by atoms with Crippen molar-refractivity contribution in [1.29, 1.82) is 0 Å². The molecule has 33 heavy (non-hydrogen) atoms. The lowest BCUT2D eigenvalue weighted by Gasteiger charge is -2.20. The van der Waals surface area contributed by atoms with Gasteiger partial charge < -0.3 is 9.47 Å². The normalized spacial score (nSPS) is 10.9. The molecule has 0 bridgehead atoms.